The second-order valence-electron chi connectivity index (χ2n) is 12.9. The van der Waals surface area contributed by atoms with Gasteiger partial charge in [0.05, 0.1) is 0 Å². The largest absolute Gasteiger partial charge is 0.491 e. The number of nitrogens with zero attached hydrogens (tertiary/aromatic N) is 3. The Labute approximate surface area is 329 Å². The van der Waals surface area contributed by atoms with Crippen molar-refractivity contribution in [1.29, 1.82) is 0 Å². The number of hydrogen-bond donors (Lipinski definition) is 3. The molecule has 3 atom stereocenters. The van der Waals surface area contributed by atoms with Crippen LogP contribution in [-0.4, -0.2) is 106 Å². The Balaban J connectivity index is 1.51. The topological polar surface area (TPSA) is 206 Å². The molecule has 3 unspecified atom stereocenters. The summed E-state index contributed by atoms with van der Waals surface area (Å²) in [5.74, 6) is 0.558. The molecule has 3 N–H and O–H groups in total. The lowest BCUT2D eigenvalue weighted by atomic mass is 10.1. The van der Waals surface area contributed by atoms with E-state index in [1.54, 1.807) is 72.8 Å². The summed E-state index contributed by atoms with van der Waals surface area (Å²) in [7, 11) is 0. The second-order valence-corrected chi connectivity index (χ2v) is 12.9. The molecule has 1 heterocycles. The monoisotopic (exact) mass is 783 g/mol. The number of ether oxygens (including phenoxy) is 6. The molecule has 1 aromatic heterocycles. The van der Waals surface area contributed by atoms with Crippen molar-refractivity contribution in [3.8, 4) is 51.4 Å². The third-order valence-electron chi connectivity index (χ3n) is 7.57. The molecule has 15 heteroatoms. The minimum atomic E-state index is -1.05. The molecular weight excluding hydrogens is 738 g/mol. The molecule has 0 saturated carbocycles. The predicted molar refractivity (Wildman–Crippen MR) is 208 cm³/mol. The van der Waals surface area contributed by atoms with Gasteiger partial charge in [-0.25, -0.2) is 29.3 Å². The number of esters is 3. The zero-order valence-corrected chi connectivity index (χ0v) is 31.9. The van der Waals surface area contributed by atoms with Gasteiger partial charge in [-0.05, 0) is 93.6 Å². The van der Waals surface area contributed by atoms with Crippen molar-refractivity contribution in [3.63, 3.8) is 0 Å². The van der Waals surface area contributed by atoms with E-state index < -0.39 is 36.2 Å². The van der Waals surface area contributed by atoms with Crippen LogP contribution >= 0.6 is 0 Å². The third-order valence-corrected chi connectivity index (χ3v) is 7.57. The van der Waals surface area contributed by atoms with E-state index in [0.717, 1.165) is 0 Å². The molecule has 0 fully saturated rings. The Morgan fingerprint density at radius 1 is 0.456 bits per heavy atom. The summed E-state index contributed by atoms with van der Waals surface area (Å²) in [6, 6.07) is 20.6. The molecule has 57 heavy (non-hydrogen) atoms. The van der Waals surface area contributed by atoms with Crippen LogP contribution < -0.4 is 14.2 Å². The summed E-state index contributed by atoms with van der Waals surface area (Å²) in [6.45, 7) is 14.0. The van der Waals surface area contributed by atoms with Crippen molar-refractivity contribution in [3.05, 3.63) is 109 Å². The predicted octanol–water partition coefficient (Wildman–Crippen LogP) is 4.45. The van der Waals surface area contributed by atoms with Crippen LogP contribution in [0.5, 0.6) is 17.2 Å². The molecule has 0 amide bonds. The van der Waals surface area contributed by atoms with Crippen molar-refractivity contribution in [1.82, 2.24) is 15.0 Å². The van der Waals surface area contributed by atoms with E-state index in [1.165, 1.54) is 20.8 Å². The van der Waals surface area contributed by atoms with E-state index >= 15 is 0 Å². The van der Waals surface area contributed by atoms with Gasteiger partial charge in [0.1, 0.15) is 75.2 Å². The summed E-state index contributed by atoms with van der Waals surface area (Å²) in [4.78, 5) is 49.0. The lowest BCUT2D eigenvalue weighted by molar-refractivity contribution is -0.143. The van der Waals surface area contributed by atoms with Gasteiger partial charge >= 0.3 is 17.9 Å². The fourth-order valence-electron chi connectivity index (χ4n) is 4.47. The zero-order valence-electron chi connectivity index (χ0n) is 31.9. The summed E-state index contributed by atoms with van der Waals surface area (Å²) >= 11 is 0. The van der Waals surface area contributed by atoms with Gasteiger partial charge in [-0.15, -0.1) is 0 Å². The lowest BCUT2D eigenvalue weighted by Gasteiger charge is -2.14. The maximum atomic E-state index is 11.6. The van der Waals surface area contributed by atoms with Gasteiger partial charge in [-0.1, -0.05) is 19.7 Å². The maximum absolute atomic E-state index is 11.6. The van der Waals surface area contributed by atoms with Crippen LogP contribution in [0.25, 0.3) is 34.2 Å². The molecule has 0 aliphatic carbocycles. The summed E-state index contributed by atoms with van der Waals surface area (Å²) in [5, 5.41) is 30.5. The van der Waals surface area contributed by atoms with Crippen LogP contribution in [-0.2, 0) is 28.6 Å². The van der Waals surface area contributed by atoms with E-state index in [1.807, 2.05) is 0 Å². The van der Waals surface area contributed by atoms with Crippen molar-refractivity contribution >= 4 is 17.9 Å². The fraction of sp³-hybridized carbons (Fsp3) is 0.286. The van der Waals surface area contributed by atoms with Gasteiger partial charge < -0.3 is 43.7 Å². The van der Waals surface area contributed by atoms with E-state index in [0.29, 0.717) is 51.4 Å². The van der Waals surface area contributed by atoms with E-state index in [9.17, 15) is 29.7 Å². The summed E-state index contributed by atoms with van der Waals surface area (Å²) < 4.78 is 31.9. The normalized spacial score (nSPS) is 12.3. The van der Waals surface area contributed by atoms with Crippen LogP contribution in [0.3, 0.4) is 0 Å². The van der Waals surface area contributed by atoms with Crippen molar-refractivity contribution in [2.75, 3.05) is 39.6 Å². The quantitative estimate of drug-likeness (QED) is 0.0607. The number of aliphatic hydroxyl groups is 3. The van der Waals surface area contributed by atoms with Crippen LogP contribution in [0, 0.1) is 0 Å². The number of hydrogen-bond acceptors (Lipinski definition) is 15. The molecule has 0 radical (unpaired) electrons. The summed E-state index contributed by atoms with van der Waals surface area (Å²) in [5.41, 5.74) is 2.56. The van der Waals surface area contributed by atoms with Gasteiger partial charge in [0.25, 0.3) is 0 Å². The van der Waals surface area contributed by atoms with Crippen LogP contribution in [0.1, 0.15) is 20.8 Å². The molecule has 4 aromatic rings. The first kappa shape index (κ1) is 43.3. The Bertz CT molecular complexity index is 1790. The maximum Gasteiger partial charge on any atom is 0.333 e. The average molecular weight is 784 g/mol. The SMILES string of the molecule is C=C(C)C(=O)OCC(O)COc1ccc(-c2nc(-c3ccc(OCC(O)COC(=O)C(=C)C)cc3)nc(-c3ccc(OCC(O)COC(=O)C(=C)C)cc3)n2)cc1. The Morgan fingerprint density at radius 2 is 0.684 bits per heavy atom. The number of rotatable bonds is 21. The molecule has 0 spiro atoms. The zero-order chi connectivity index (χ0) is 41.5. The van der Waals surface area contributed by atoms with Crippen LogP contribution in [0.15, 0.2) is 109 Å². The molecule has 4 rings (SSSR count). The molecule has 0 aliphatic heterocycles. The smallest absolute Gasteiger partial charge is 0.333 e. The Kier molecular flexibility index (Phi) is 16.0. The Morgan fingerprint density at radius 3 is 0.895 bits per heavy atom. The highest BCUT2D eigenvalue weighted by Crippen LogP contribution is 2.28. The van der Waals surface area contributed by atoms with E-state index in [2.05, 4.69) is 19.7 Å². The number of aliphatic hydroxyl groups excluding tert-OH is 3. The molecular formula is C42H45N3O12. The number of carbonyl (C=O) groups is 3. The average Bonchev–Trinajstić information content (AvgIpc) is 3.21. The number of aromatic nitrogens is 3. The van der Waals surface area contributed by atoms with Gasteiger partial charge in [0.2, 0.25) is 0 Å². The van der Waals surface area contributed by atoms with Crippen LogP contribution in [0.2, 0.25) is 0 Å². The standard InChI is InChI=1S/C42H45N3O12/c1-25(2)40(49)55-22-31(46)19-52-34-13-7-28(8-14-34)37-43-38(29-9-15-35(16-10-29)53-20-32(47)23-56-41(50)26(3)4)45-39(44-37)30-11-17-36(18-12-30)54-21-33(48)24-57-42(51)27(5)6/h7-18,31-33,46-48H,1,3,5,19-24H2,2,4,6H3. The van der Waals surface area contributed by atoms with Gasteiger partial charge in [0.15, 0.2) is 17.5 Å². The highest BCUT2D eigenvalue weighted by molar-refractivity contribution is 5.87. The number of carbonyl (C=O) groups excluding carboxylic acids is 3. The lowest BCUT2D eigenvalue weighted by Crippen LogP contribution is -2.25. The first-order valence-corrected chi connectivity index (χ1v) is 17.7. The number of benzene rings is 3. The fourth-order valence-corrected chi connectivity index (χ4v) is 4.47. The van der Waals surface area contributed by atoms with Crippen LogP contribution in [0.4, 0.5) is 0 Å². The first-order chi connectivity index (χ1) is 27.2. The van der Waals surface area contributed by atoms with Gasteiger partial charge in [0, 0.05) is 33.4 Å². The highest BCUT2D eigenvalue weighted by atomic mass is 16.6. The first-order valence-electron chi connectivity index (χ1n) is 17.7. The third kappa shape index (κ3) is 14.0. The van der Waals surface area contributed by atoms with E-state index in [-0.39, 0.29) is 56.4 Å². The minimum absolute atomic E-state index is 0.120. The summed E-state index contributed by atoms with van der Waals surface area (Å²) in [6.07, 6.45) is -3.16. The minimum Gasteiger partial charge on any atom is -0.491 e. The molecule has 0 saturated heterocycles. The molecule has 300 valence electrons. The van der Waals surface area contributed by atoms with Crippen molar-refractivity contribution < 1.29 is 58.1 Å². The second kappa shape index (κ2) is 21.0. The van der Waals surface area contributed by atoms with Crippen molar-refractivity contribution in [2.45, 2.75) is 39.1 Å². The highest BCUT2D eigenvalue weighted by Gasteiger charge is 2.16. The molecule has 15 nitrogen and oxygen atoms in total. The van der Waals surface area contributed by atoms with E-state index in [4.69, 9.17) is 43.4 Å². The molecule has 0 bridgehead atoms. The van der Waals surface area contributed by atoms with Gasteiger partial charge in [-0.3, -0.25) is 0 Å². The van der Waals surface area contributed by atoms with Gasteiger partial charge in [-0.2, -0.15) is 0 Å². The Hall–Kier alpha value is -6.42. The van der Waals surface area contributed by atoms with Crippen molar-refractivity contribution in [2.24, 2.45) is 0 Å². The molecule has 0 aliphatic rings. The molecule has 3 aromatic carbocycles.